The van der Waals surface area contributed by atoms with Crippen molar-refractivity contribution in [1.29, 1.82) is 0 Å². The summed E-state index contributed by atoms with van der Waals surface area (Å²) in [6.45, 7) is 0. The Morgan fingerprint density at radius 1 is 1.12 bits per heavy atom. The Kier molecular flexibility index (Phi) is 3.79. The quantitative estimate of drug-likeness (QED) is 0.839. The fourth-order valence-corrected chi connectivity index (χ4v) is 2.58. The van der Waals surface area contributed by atoms with Crippen LogP contribution in [0.2, 0.25) is 0 Å². The second-order valence-corrected chi connectivity index (χ2v) is 4.88. The van der Waals surface area contributed by atoms with Crippen molar-refractivity contribution in [3.05, 3.63) is 35.4 Å². The van der Waals surface area contributed by atoms with Crippen LogP contribution in [0.1, 0.15) is 55.2 Å². The van der Waals surface area contributed by atoms with Gasteiger partial charge in [0.15, 0.2) is 0 Å². The molecule has 2 rings (SSSR count). The molecular weight excluding hydrogens is 212 g/mol. The molecular formula is C14H20N2O. The summed E-state index contributed by atoms with van der Waals surface area (Å²) in [5.74, 6) is 0.206. The Labute approximate surface area is 102 Å². The van der Waals surface area contributed by atoms with Crippen molar-refractivity contribution < 1.29 is 4.79 Å². The number of hydrogen-bond acceptors (Lipinski definition) is 2. The van der Waals surface area contributed by atoms with Gasteiger partial charge in [0.05, 0.1) is 0 Å². The fraction of sp³-hybridized carbons (Fsp3) is 0.500. The molecule has 17 heavy (non-hydrogen) atoms. The fourth-order valence-electron chi connectivity index (χ4n) is 2.58. The third kappa shape index (κ3) is 2.86. The molecule has 0 heterocycles. The van der Waals surface area contributed by atoms with E-state index in [9.17, 15) is 4.79 Å². The predicted octanol–water partition coefficient (Wildman–Crippen LogP) is 2.22. The first-order valence-corrected chi connectivity index (χ1v) is 6.33. The maximum Gasteiger partial charge on any atom is 0.238 e. The maximum atomic E-state index is 11.0. The second-order valence-electron chi connectivity index (χ2n) is 4.88. The van der Waals surface area contributed by atoms with Gasteiger partial charge in [0.1, 0.15) is 6.04 Å². The van der Waals surface area contributed by atoms with Crippen LogP contribution in [0.3, 0.4) is 0 Å². The lowest BCUT2D eigenvalue weighted by Crippen LogP contribution is -2.28. The molecule has 1 aliphatic rings. The van der Waals surface area contributed by atoms with Crippen molar-refractivity contribution in [2.24, 2.45) is 11.5 Å². The first-order valence-electron chi connectivity index (χ1n) is 6.33. The molecule has 0 aromatic heterocycles. The highest BCUT2D eigenvalue weighted by atomic mass is 16.1. The van der Waals surface area contributed by atoms with Crippen LogP contribution < -0.4 is 11.5 Å². The number of benzene rings is 1. The molecule has 1 atom stereocenters. The van der Waals surface area contributed by atoms with E-state index < -0.39 is 11.9 Å². The number of carbonyl (C=O) groups is 1. The van der Waals surface area contributed by atoms with Gasteiger partial charge in [0.25, 0.3) is 0 Å². The molecule has 4 N–H and O–H groups in total. The molecule has 3 nitrogen and oxygen atoms in total. The zero-order valence-corrected chi connectivity index (χ0v) is 10.1. The van der Waals surface area contributed by atoms with Gasteiger partial charge >= 0.3 is 0 Å². The third-order valence-corrected chi connectivity index (χ3v) is 3.68. The monoisotopic (exact) mass is 232 g/mol. The number of nitrogens with two attached hydrogens (primary N) is 2. The van der Waals surface area contributed by atoms with Crippen LogP contribution in [0, 0.1) is 0 Å². The molecule has 1 aromatic rings. The molecule has 0 bridgehead atoms. The van der Waals surface area contributed by atoms with Gasteiger partial charge < -0.3 is 11.5 Å². The van der Waals surface area contributed by atoms with Gasteiger partial charge in [-0.1, -0.05) is 43.5 Å². The lowest BCUT2D eigenvalue weighted by Gasteiger charge is -2.22. The van der Waals surface area contributed by atoms with Crippen molar-refractivity contribution in [3.8, 4) is 0 Å². The molecule has 1 aromatic carbocycles. The zero-order valence-electron chi connectivity index (χ0n) is 10.1. The van der Waals surface area contributed by atoms with Crippen LogP contribution in [-0.4, -0.2) is 5.91 Å². The summed E-state index contributed by atoms with van der Waals surface area (Å²) in [5, 5.41) is 0. The van der Waals surface area contributed by atoms with Gasteiger partial charge in [-0.15, -0.1) is 0 Å². The molecule has 0 aliphatic heterocycles. The number of amides is 1. The van der Waals surface area contributed by atoms with Crippen LogP contribution in [0.25, 0.3) is 0 Å². The van der Waals surface area contributed by atoms with Gasteiger partial charge in [-0.05, 0) is 29.9 Å². The minimum absolute atomic E-state index is 0.476. The van der Waals surface area contributed by atoms with E-state index in [1.54, 1.807) is 0 Å². The number of rotatable bonds is 3. The van der Waals surface area contributed by atoms with Crippen molar-refractivity contribution in [2.45, 2.75) is 44.1 Å². The van der Waals surface area contributed by atoms with E-state index in [0.717, 1.165) is 5.56 Å². The Morgan fingerprint density at radius 2 is 1.71 bits per heavy atom. The third-order valence-electron chi connectivity index (χ3n) is 3.68. The van der Waals surface area contributed by atoms with Crippen molar-refractivity contribution in [3.63, 3.8) is 0 Å². The summed E-state index contributed by atoms with van der Waals surface area (Å²) >= 11 is 0. The standard InChI is InChI=1S/C14H20N2O/c15-13(14(16)17)12-8-6-11(7-9-12)10-4-2-1-3-5-10/h6-10,13H,1-5,15H2,(H2,16,17)/t13-/m0/s1. The zero-order chi connectivity index (χ0) is 12.3. The van der Waals surface area contributed by atoms with Gasteiger partial charge in [0.2, 0.25) is 5.91 Å². The molecule has 3 heteroatoms. The van der Waals surface area contributed by atoms with E-state index in [-0.39, 0.29) is 0 Å². The van der Waals surface area contributed by atoms with Crippen LogP contribution in [0.4, 0.5) is 0 Å². The van der Waals surface area contributed by atoms with E-state index in [2.05, 4.69) is 12.1 Å². The molecule has 0 unspecified atom stereocenters. The Bertz CT molecular complexity index is 380. The SMILES string of the molecule is NC(=O)[C@@H](N)c1ccc(C2CCCCC2)cc1. The Morgan fingerprint density at radius 3 is 2.24 bits per heavy atom. The summed E-state index contributed by atoms with van der Waals surface area (Å²) in [7, 11) is 0. The Hall–Kier alpha value is -1.35. The molecule has 92 valence electrons. The summed E-state index contributed by atoms with van der Waals surface area (Å²) in [5.41, 5.74) is 13.0. The van der Waals surface area contributed by atoms with Gasteiger partial charge in [-0.2, -0.15) is 0 Å². The van der Waals surface area contributed by atoms with E-state index in [1.807, 2.05) is 12.1 Å². The van der Waals surface area contributed by atoms with Crippen LogP contribution in [-0.2, 0) is 4.79 Å². The van der Waals surface area contributed by atoms with Crippen molar-refractivity contribution in [1.82, 2.24) is 0 Å². The van der Waals surface area contributed by atoms with Gasteiger partial charge in [-0.25, -0.2) is 0 Å². The Balaban J connectivity index is 2.09. The summed E-state index contributed by atoms with van der Waals surface area (Å²) in [4.78, 5) is 11.0. The van der Waals surface area contributed by atoms with Crippen molar-refractivity contribution in [2.75, 3.05) is 0 Å². The highest BCUT2D eigenvalue weighted by Crippen LogP contribution is 2.32. The highest BCUT2D eigenvalue weighted by Gasteiger charge is 2.16. The molecule has 1 fully saturated rings. The lowest BCUT2D eigenvalue weighted by atomic mass is 9.84. The lowest BCUT2D eigenvalue weighted by molar-refractivity contribution is -0.119. The maximum absolute atomic E-state index is 11.0. The smallest absolute Gasteiger partial charge is 0.238 e. The van der Waals surface area contributed by atoms with E-state index in [4.69, 9.17) is 11.5 Å². The molecule has 1 aliphatic carbocycles. The van der Waals surface area contributed by atoms with Crippen LogP contribution >= 0.6 is 0 Å². The average Bonchev–Trinajstić information content (AvgIpc) is 2.39. The number of carbonyl (C=O) groups excluding carboxylic acids is 1. The van der Waals surface area contributed by atoms with E-state index >= 15 is 0 Å². The number of primary amides is 1. The summed E-state index contributed by atoms with van der Waals surface area (Å²) < 4.78 is 0. The van der Waals surface area contributed by atoms with Gasteiger partial charge in [-0.3, -0.25) is 4.79 Å². The van der Waals surface area contributed by atoms with E-state index in [0.29, 0.717) is 5.92 Å². The first-order chi connectivity index (χ1) is 8.18. The topological polar surface area (TPSA) is 69.1 Å². The number of hydrogen-bond donors (Lipinski definition) is 2. The predicted molar refractivity (Wildman–Crippen MR) is 68.4 cm³/mol. The summed E-state index contributed by atoms with van der Waals surface area (Å²) in [6, 6.07) is 7.36. The first kappa shape index (κ1) is 12.1. The van der Waals surface area contributed by atoms with Gasteiger partial charge in [0, 0.05) is 0 Å². The highest BCUT2D eigenvalue weighted by molar-refractivity contribution is 5.81. The van der Waals surface area contributed by atoms with Crippen LogP contribution in [0.5, 0.6) is 0 Å². The minimum Gasteiger partial charge on any atom is -0.368 e. The van der Waals surface area contributed by atoms with E-state index in [1.165, 1.54) is 37.7 Å². The largest absolute Gasteiger partial charge is 0.368 e. The normalized spacial score (nSPS) is 18.9. The second kappa shape index (κ2) is 5.32. The molecule has 0 radical (unpaired) electrons. The van der Waals surface area contributed by atoms with Crippen molar-refractivity contribution >= 4 is 5.91 Å². The minimum atomic E-state index is -0.685. The molecule has 1 amide bonds. The van der Waals surface area contributed by atoms with Crippen LogP contribution in [0.15, 0.2) is 24.3 Å². The average molecular weight is 232 g/mol. The molecule has 1 saturated carbocycles. The summed E-state index contributed by atoms with van der Waals surface area (Å²) in [6.07, 6.45) is 6.57. The molecule has 0 spiro atoms. The molecule has 0 saturated heterocycles.